The number of hydrogen-bond donors (Lipinski definition) is 0. The van der Waals surface area contributed by atoms with Gasteiger partial charge in [0.25, 0.3) is 0 Å². The molecule has 0 radical (unpaired) electrons. The molecule has 1 rings (SSSR count). The van der Waals surface area contributed by atoms with Gasteiger partial charge in [0.15, 0.2) is 9.84 Å². The molecule has 1 aromatic rings. The fraction of sp³-hybridized carbons (Fsp3) is 0.375. The van der Waals surface area contributed by atoms with Gasteiger partial charge in [0.1, 0.15) is 0 Å². The minimum Gasteiger partial charge on any atom is -0.219 e. The molecule has 0 aliphatic heterocycles. The molecule has 0 saturated carbocycles. The summed E-state index contributed by atoms with van der Waals surface area (Å²) in [7, 11) is -3.31. The van der Waals surface area contributed by atoms with E-state index in [2.05, 4.69) is 22.2 Å². The van der Waals surface area contributed by atoms with E-state index < -0.39 is 9.84 Å². The van der Waals surface area contributed by atoms with Gasteiger partial charge < -0.3 is 0 Å². The Morgan fingerprint density at radius 2 is 1.64 bits per heavy atom. The fourth-order valence-electron chi connectivity index (χ4n) is 1.80. The first-order valence-corrected chi connectivity index (χ1v) is 8.84. The zero-order chi connectivity index (χ0) is 16.1. The van der Waals surface area contributed by atoms with E-state index in [4.69, 9.17) is 5.53 Å². The molecule has 0 aromatic heterocycles. The second-order valence-corrected chi connectivity index (χ2v) is 6.56. The molecule has 0 amide bonds. The second kappa shape index (κ2) is 10.7. The van der Waals surface area contributed by atoms with Gasteiger partial charge in [-0.25, -0.2) is 8.42 Å². The largest absolute Gasteiger partial charge is 0.219 e. The summed E-state index contributed by atoms with van der Waals surface area (Å²) in [5.41, 5.74) is 8.11. The average molecular weight is 319 g/mol. The lowest BCUT2D eigenvalue weighted by Crippen LogP contribution is -1.95. The molecular weight excluding hydrogens is 298 g/mol. The van der Waals surface area contributed by atoms with E-state index in [-0.39, 0.29) is 0 Å². The molecule has 5 nitrogen and oxygen atoms in total. The Morgan fingerprint density at radius 1 is 1.00 bits per heavy atom. The third kappa shape index (κ3) is 7.67. The topological polar surface area (TPSA) is 82.9 Å². The standard InChI is InChI=1S/C16H21N3O2S/c17-19-18-14-10-5-3-1-2-4-6-11-15-22(20,21)16-12-8-7-9-13-16/h1,3,7-9,11-13,15H,2,4-6,10,14H2/b3-1+,15-11+. The van der Waals surface area contributed by atoms with Gasteiger partial charge in [-0.15, -0.1) is 0 Å². The molecule has 118 valence electrons. The maximum atomic E-state index is 12.0. The molecule has 0 aliphatic rings. The van der Waals surface area contributed by atoms with E-state index in [1.807, 2.05) is 0 Å². The maximum absolute atomic E-state index is 12.0. The molecule has 0 fully saturated rings. The van der Waals surface area contributed by atoms with E-state index in [1.165, 1.54) is 5.41 Å². The van der Waals surface area contributed by atoms with Crippen molar-refractivity contribution in [1.29, 1.82) is 0 Å². The van der Waals surface area contributed by atoms with Gasteiger partial charge in [-0.3, -0.25) is 0 Å². The number of nitrogens with zero attached hydrogens (tertiary/aromatic N) is 3. The van der Waals surface area contributed by atoms with Crippen molar-refractivity contribution in [3.63, 3.8) is 0 Å². The van der Waals surface area contributed by atoms with Crippen molar-refractivity contribution in [2.75, 3.05) is 6.54 Å². The summed E-state index contributed by atoms with van der Waals surface area (Å²) in [4.78, 5) is 3.01. The van der Waals surface area contributed by atoms with Crippen molar-refractivity contribution in [2.24, 2.45) is 5.11 Å². The van der Waals surface area contributed by atoms with Crippen LogP contribution in [0, 0.1) is 0 Å². The Balaban J connectivity index is 2.21. The molecule has 0 unspecified atom stereocenters. The quantitative estimate of drug-likeness (QED) is 0.204. The van der Waals surface area contributed by atoms with Gasteiger partial charge >= 0.3 is 0 Å². The second-order valence-electron chi connectivity index (χ2n) is 4.73. The SMILES string of the molecule is [N-]=[N+]=NCCC/C=C/CCC/C=C/S(=O)(=O)c1ccccc1. The average Bonchev–Trinajstić information content (AvgIpc) is 2.53. The minimum absolute atomic E-state index is 0.325. The number of hydrogen-bond acceptors (Lipinski definition) is 3. The van der Waals surface area contributed by atoms with E-state index in [0.717, 1.165) is 32.1 Å². The smallest absolute Gasteiger partial charge is 0.199 e. The summed E-state index contributed by atoms with van der Waals surface area (Å²) in [6, 6.07) is 8.42. The molecule has 1 aromatic carbocycles. The van der Waals surface area contributed by atoms with Crippen LogP contribution < -0.4 is 0 Å². The summed E-state index contributed by atoms with van der Waals surface area (Å²) >= 11 is 0. The molecule has 0 atom stereocenters. The molecule has 0 bridgehead atoms. The van der Waals surface area contributed by atoms with Crippen molar-refractivity contribution in [3.05, 3.63) is 64.4 Å². The van der Waals surface area contributed by atoms with Crippen LogP contribution in [0.25, 0.3) is 10.4 Å². The van der Waals surface area contributed by atoms with Gasteiger partial charge in [-0.1, -0.05) is 41.5 Å². The highest BCUT2D eigenvalue weighted by Gasteiger charge is 2.07. The minimum atomic E-state index is -3.31. The molecule has 0 spiro atoms. The van der Waals surface area contributed by atoms with Crippen LogP contribution in [0.15, 0.2) is 64.0 Å². The Morgan fingerprint density at radius 3 is 2.32 bits per heavy atom. The van der Waals surface area contributed by atoms with Crippen LogP contribution in [0.3, 0.4) is 0 Å². The predicted octanol–water partition coefficient (Wildman–Crippen LogP) is 4.79. The molecule has 0 heterocycles. The predicted molar refractivity (Wildman–Crippen MR) is 89.0 cm³/mol. The Labute approximate surface area is 131 Å². The molecule has 22 heavy (non-hydrogen) atoms. The van der Waals surface area contributed by atoms with Crippen molar-refractivity contribution in [3.8, 4) is 0 Å². The molecule has 6 heteroatoms. The fourth-order valence-corrected chi connectivity index (χ4v) is 2.88. The zero-order valence-corrected chi connectivity index (χ0v) is 13.3. The normalized spacial score (nSPS) is 11.8. The van der Waals surface area contributed by atoms with Crippen LogP contribution in [0.1, 0.15) is 32.1 Å². The van der Waals surface area contributed by atoms with Gasteiger partial charge in [-0.05, 0) is 49.8 Å². The molecule has 0 aliphatic carbocycles. The van der Waals surface area contributed by atoms with Crippen molar-refractivity contribution in [1.82, 2.24) is 0 Å². The molecular formula is C16H21N3O2S. The summed E-state index contributed by atoms with van der Waals surface area (Å²) in [5.74, 6) is 0. The lowest BCUT2D eigenvalue weighted by Gasteiger charge is -1.97. The van der Waals surface area contributed by atoms with E-state index in [9.17, 15) is 8.42 Å². The van der Waals surface area contributed by atoms with Crippen LogP contribution in [-0.4, -0.2) is 15.0 Å². The maximum Gasteiger partial charge on any atom is 0.199 e. The van der Waals surface area contributed by atoms with Crippen molar-refractivity contribution >= 4 is 9.84 Å². The van der Waals surface area contributed by atoms with Crippen LogP contribution >= 0.6 is 0 Å². The summed E-state index contributed by atoms with van der Waals surface area (Å²) in [5, 5.41) is 4.74. The first-order valence-electron chi connectivity index (χ1n) is 7.29. The highest BCUT2D eigenvalue weighted by Crippen LogP contribution is 2.12. The van der Waals surface area contributed by atoms with Gasteiger partial charge in [0.05, 0.1) is 4.90 Å². The first-order chi connectivity index (χ1) is 10.7. The highest BCUT2D eigenvalue weighted by atomic mass is 32.2. The van der Waals surface area contributed by atoms with Crippen LogP contribution in [0.2, 0.25) is 0 Å². The molecule has 0 saturated heterocycles. The summed E-state index contributed by atoms with van der Waals surface area (Å²) in [6.45, 7) is 0.529. The van der Waals surface area contributed by atoms with Crippen LogP contribution in [-0.2, 0) is 9.84 Å². The van der Waals surface area contributed by atoms with Gasteiger partial charge in [-0.2, -0.15) is 0 Å². The Kier molecular flexibility index (Phi) is 8.72. The molecule has 0 N–H and O–H groups in total. The number of unbranched alkanes of at least 4 members (excludes halogenated alkanes) is 3. The lowest BCUT2D eigenvalue weighted by atomic mass is 10.2. The Hall–Kier alpha value is -2.04. The van der Waals surface area contributed by atoms with Gasteiger partial charge in [0.2, 0.25) is 0 Å². The number of azide groups is 1. The van der Waals surface area contributed by atoms with E-state index in [1.54, 1.807) is 36.4 Å². The van der Waals surface area contributed by atoms with Gasteiger partial charge in [0, 0.05) is 16.9 Å². The number of allylic oxidation sites excluding steroid dienone is 3. The monoisotopic (exact) mass is 319 g/mol. The third-order valence-electron chi connectivity index (χ3n) is 2.95. The number of rotatable bonds is 10. The highest BCUT2D eigenvalue weighted by molar-refractivity contribution is 7.94. The summed E-state index contributed by atoms with van der Waals surface area (Å²) < 4.78 is 23.9. The van der Waals surface area contributed by atoms with Crippen molar-refractivity contribution < 1.29 is 8.42 Å². The van der Waals surface area contributed by atoms with Crippen LogP contribution in [0.4, 0.5) is 0 Å². The van der Waals surface area contributed by atoms with Crippen LogP contribution in [0.5, 0.6) is 0 Å². The number of sulfone groups is 1. The third-order valence-corrected chi connectivity index (χ3v) is 4.43. The summed E-state index contributed by atoms with van der Waals surface area (Å²) in [6.07, 6.45) is 10.2. The Bertz CT molecular complexity index is 631. The lowest BCUT2D eigenvalue weighted by molar-refractivity contribution is 0.604. The number of benzene rings is 1. The van der Waals surface area contributed by atoms with E-state index in [0.29, 0.717) is 11.4 Å². The van der Waals surface area contributed by atoms with Crippen molar-refractivity contribution in [2.45, 2.75) is 37.0 Å². The zero-order valence-electron chi connectivity index (χ0n) is 12.5. The first kappa shape index (κ1) is 18.0. The van der Waals surface area contributed by atoms with E-state index >= 15 is 0 Å².